The lowest BCUT2D eigenvalue weighted by molar-refractivity contribution is 0.0703. The number of ether oxygens (including phenoxy) is 1. The van der Waals surface area contributed by atoms with Gasteiger partial charge in [0.1, 0.15) is 10.8 Å². The van der Waals surface area contributed by atoms with Gasteiger partial charge in [-0.2, -0.15) is 8.78 Å². The number of para-hydroxylation sites is 1. The lowest BCUT2D eigenvalue weighted by atomic mass is 9.75. The molecule has 1 aromatic heterocycles. The topological polar surface area (TPSA) is 114 Å². The van der Waals surface area contributed by atoms with Gasteiger partial charge in [-0.15, -0.1) is 0 Å². The lowest BCUT2D eigenvalue weighted by Gasteiger charge is -2.41. The Morgan fingerprint density at radius 3 is 2.73 bits per heavy atom. The zero-order chi connectivity index (χ0) is 20.9. The number of hydrogen-bond acceptors (Lipinski definition) is 9. The number of nitrogen functional groups attached to an aromatic ring is 1. The summed E-state index contributed by atoms with van der Waals surface area (Å²) in [5.74, 6) is 0.984. The third-order valence-corrected chi connectivity index (χ3v) is 7.18. The zero-order valence-corrected chi connectivity index (χ0v) is 17.0. The second kappa shape index (κ2) is 7.10. The molecule has 0 amide bonds. The van der Waals surface area contributed by atoms with E-state index in [1.807, 2.05) is 0 Å². The fourth-order valence-electron chi connectivity index (χ4n) is 4.29. The fourth-order valence-corrected chi connectivity index (χ4v) is 5.17. The Morgan fingerprint density at radius 1 is 1.23 bits per heavy atom. The van der Waals surface area contributed by atoms with E-state index in [-0.39, 0.29) is 17.3 Å². The summed E-state index contributed by atoms with van der Waals surface area (Å²) in [6.07, 6.45) is 0.383. The fraction of sp³-hybridized carbons (Fsp3) is 0.474. The molecule has 160 valence electrons. The van der Waals surface area contributed by atoms with Gasteiger partial charge in [0.25, 0.3) is 0 Å². The highest BCUT2D eigenvalue weighted by atomic mass is 32.2. The summed E-state index contributed by atoms with van der Waals surface area (Å²) in [7, 11) is 0. The minimum atomic E-state index is -3.18. The molecule has 0 radical (unpaired) electrons. The zero-order valence-electron chi connectivity index (χ0n) is 16.2. The number of aromatic nitrogens is 2. The van der Waals surface area contributed by atoms with Crippen LogP contribution in [0.1, 0.15) is 12.8 Å². The summed E-state index contributed by atoms with van der Waals surface area (Å²) in [6, 6.07) is 5.12. The number of rotatable bonds is 3. The molecular weight excluding hydrogens is 412 g/mol. The molecule has 30 heavy (non-hydrogen) atoms. The first kappa shape index (κ1) is 19.6. The van der Waals surface area contributed by atoms with Crippen LogP contribution in [-0.2, 0) is 4.74 Å². The molecule has 1 atom stereocenters. The Labute approximate surface area is 176 Å². The van der Waals surface area contributed by atoms with Gasteiger partial charge in [0, 0.05) is 29.4 Å². The largest absolute Gasteiger partial charge is 0.409 e. The van der Waals surface area contributed by atoms with Gasteiger partial charge in [-0.1, -0.05) is 17.8 Å². The van der Waals surface area contributed by atoms with Crippen LogP contribution < -0.4 is 27.0 Å². The van der Waals surface area contributed by atoms with E-state index < -0.39 is 6.17 Å². The van der Waals surface area contributed by atoms with Gasteiger partial charge >= 0.3 is 6.17 Å². The molecule has 5 rings (SSSR count). The van der Waals surface area contributed by atoms with E-state index in [0.717, 1.165) is 32.5 Å². The van der Waals surface area contributed by atoms with Crippen LogP contribution in [0.4, 0.5) is 31.8 Å². The van der Waals surface area contributed by atoms with Crippen LogP contribution in [0.3, 0.4) is 0 Å². The first-order chi connectivity index (χ1) is 14.4. The summed E-state index contributed by atoms with van der Waals surface area (Å²) in [5.41, 5.74) is 13.1. The third-order valence-electron chi connectivity index (χ3n) is 6.11. The number of benzene rings is 1. The standard InChI is InChI=1S/C19H23F2N7OS/c20-19(21)26-11-2-1-3-12(15(11)27-19)30-17-16(23)25-14(8-24-17)28-6-4-18(5-7-28)10-29-9-13(18)22/h1-3,8,13,26-27H,4-7,9-10,22H2,(H2,23,25). The van der Waals surface area contributed by atoms with Crippen molar-refractivity contribution in [3.63, 3.8) is 0 Å². The monoisotopic (exact) mass is 435 g/mol. The van der Waals surface area contributed by atoms with E-state index in [0.29, 0.717) is 33.7 Å². The van der Waals surface area contributed by atoms with E-state index >= 15 is 0 Å². The van der Waals surface area contributed by atoms with E-state index in [4.69, 9.17) is 16.2 Å². The molecule has 8 nitrogen and oxygen atoms in total. The van der Waals surface area contributed by atoms with E-state index in [9.17, 15) is 8.78 Å². The Morgan fingerprint density at radius 2 is 2.03 bits per heavy atom. The molecule has 1 spiro atoms. The minimum Gasteiger partial charge on any atom is -0.381 e. The van der Waals surface area contributed by atoms with Crippen molar-refractivity contribution < 1.29 is 13.5 Å². The molecule has 0 aliphatic carbocycles. The molecule has 1 unspecified atom stereocenters. The summed E-state index contributed by atoms with van der Waals surface area (Å²) in [4.78, 5) is 11.7. The summed E-state index contributed by atoms with van der Waals surface area (Å²) >= 11 is 1.21. The molecule has 2 aromatic rings. The molecule has 2 saturated heterocycles. The number of anilines is 4. The van der Waals surface area contributed by atoms with Crippen molar-refractivity contribution in [3.8, 4) is 0 Å². The van der Waals surface area contributed by atoms with Crippen molar-refractivity contribution in [2.45, 2.75) is 35.0 Å². The molecule has 6 N–H and O–H groups in total. The maximum atomic E-state index is 13.6. The van der Waals surface area contributed by atoms with Crippen LogP contribution in [0.2, 0.25) is 0 Å². The molecule has 1 aromatic carbocycles. The van der Waals surface area contributed by atoms with Crippen LogP contribution in [-0.4, -0.2) is 48.5 Å². The minimum absolute atomic E-state index is 0.0576. The van der Waals surface area contributed by atoms with Crippen molar-refractivity contribution >= 4 is 34.8 Å². The molecule has 0 saturated carbocycles. The molecular formula is C19H23F2N7OS. The van der Waals surface area contributed by atoms with E-state index in [1.54, 1.807) is 24.4 Å². The Hall–Kier alpha value is -2.37. The molecule has 3 aliphatic heterocycles. The van der Waals surface area contributed by atoms with Gasteiger partial charge < -0.3 is 31.7 Å². The number of alkyl halides is 2. The second-order valence-corrected chi connectivity index (χ2v) is 9.03. The van der Waals surface area contributed by atoms with E-state index in [1.165, 1.54) is 11.8 Å². The predicted molar refractivity (Wildman–Crippen MR) is 112 cm³/mol. The van der Waals surface area contributed by atoms with Crippen LogP contribution in [0.15, 0.2) is 34.3 Å². The summed E-state index contributed by atoms with van der Waals surface area (Å²) in [6.45, 7) is 2.97. The number of fused-ring (bicyclic) bond motifs is 1. The summed E-state index contributed by atoms with van der Waals surface area (Å²) in [5, 5.41) is 4.81. The molecule has 4 heterocycles. The first-order valence-corrected chi connectivity index (χ1v) is 10.6. The SMILES string of the molecule is Nc1nc(N2CCC3(CC2)COCC3N)cnc1Sc1cccc2c1NC(F)(F)N2. The lowest BCUT2D eigenvalue weighted by Crippen LogP contribution is -2.49. The van der Waals surface area contributed by atoms with Gasteiger partial charge in [-0.05, 0) is 25.0 Å². The number of piperidine rings is 1. The van der Waals surface area contributed by atoms with Crippen LogP contribution >= 0.6 is 11.8 Å². The highest BCUT2D eigenvalue weighted by Gasteiger charge is 2.44. The van der Waals surface area contributed by atoms with Crippen LogP contribution in [0.25, 0.3) is 0 Å². The quantitative estimate of drug-likeness (QED) is 0.540. The average molecular weight is 436 g/mol. The highest BCUT2D eigenvalue weighted by molar-refractivity contribution is 7.99. The maximum Gasteiger partial charge on any atom is 0.409 e. The van der Waals surface area contributed by atoms with Crippen molar-refractivity contribution in [1.82, 2.24) is 9.97 Å². The first-order valence-electron chi connectivity index (χ1n) is 9.81. The number of halogens is 2. The molecule has 2 fully saturated rings. The number of nitrogens with zero attached hydrogens (tertiary/aromatic N) is 3. The molecule has 3 aliphatic rings. The van der Waals surface area contributed by atoms with Crippen molar-refractivity contribution in [2.75, 3.05) is 47.6 Å². The van der Waals surface area contributed by atoms with Gasteiger partial charge in [0.2, 0.25) is 0 Å². The smallest absolute Gasteiger partial charge is 0.381 e. The Kier molecular flexibility index (Phi) is 4.64. The Balaban J connectivity index is 1.31. The highest BCUT2D eigenvalue weighted by Crippen LogP contribution is 2.45. The van der Waals surface area contributed by atoms with Crippen LogP contribution in [0, 0.1) is 5.41 Å². The number of nitrogens with one attached hydrogen (secondary N) is 2. The molecule has 0 bridgehead atoms. The molecule has 11 heteroatoms. The predicted octanol–water partition coefficient (Wildman–Crippen LogP) is 2.54. The summed E-state index contributed by atoms with van der Waals surface area (Å²) < 4.78 is 32.8. The van der Waals surface area contributed by atoms with Gasteiger partial charge in [0.05, 0.1) is 30.8 Å². The van der Waals surface area contributed by atoms with Gasteiger partial charge in [-0.3, -0.25) is 0 Å². The van der Waals surface area contributed by atoms with Crippen LogP contribution in [0.5, 0.6) is 0 Å². The van der Waals surface area contributed by atoms with Crippen molar-refractivity contribution in [2.24, 2.45) is 11.1 Å². The maximum absolute atomic E-state index is 13.6. The van der Waals surface area contributed by atoms with Crippen molar-refractivity contribution in [1.29, 1.82) is 0 Å². The number of nitrogens with two attached hydrogens (primary N) is 2. The second-order valence-electron chi connectivity index (χ2n) is 7.99. The third kappa shape index (κ3) is 3.40. The van der Waals surface area contributed by atoms with Crippen molar-refractivity contribution in [3.05, 3.63) is 24.4 Å². The normalized spacial score (nSPS) is 23.8. The number of hydrogen-bond donors (Lipinski definition) is 4. The average Bonchev–Trinajstić information content (AvgIpc) is 3.23. The van der Waals surface area contributed by atoms with E-state index in [2.05, 4.69) is 25.5 Å². The van der Waals surface area contributed by atoms with Gasteiger partial charge in [0.15, 0.2) is 5.82 Å². The Bertz CT molecular complexity index is 968. The van der Waals surface area contributed by atoms with Gasteiger partial charge in [-0.25, -0.2) is 9.97 Å².